The van der Waals surface area contributed by atoms with E-state index in [0.29, 0.717) is 24.2 Å². The number of ether oxygens (including phenoxy) is 1. The summed E-state index contributed by atoms with van der Waals surface area (Å²) in [5.74, 6) is -1.96. The van der Waals surface area contributed by atoms with Crippen LogP contribution in [0.15, 0.2) is 37.1 Å². The Morgan fingerprint density at radius 3 is 2.61 bits per heavy atom. The monoisotopic (exact) mass is 668 g/mol. The number of hydrogen-bond acceptors (Lipinski definition) is 10. The number of rotatable bonds is 11. The lowest BCUT2D eigenvalue weighted by Crippen LogP contribution is -2.63. The highest BCUT2D eigenvalue weighted by Gasteiger charge is 2.43. The Kier molecular flexibility index (Phi) is 9.52. The predicted molar refractivity (Wildman–Crippen MR) is 161 cm³/mol. The standard InChI is InChI=1S/C28H33F4N8O5P/c1-15(2)45-46(42,43)38-26-23-27(36-13-35-26)40(14-37-23)11-16-7-20(17-8-19(30)22(44-3)9-18(17)29)34-10-21(16)39-6-4-5-28(33,12-39)24(41)25(31)32/h7-10,13-15,24-25,41H,4-6,11-12,33H2,1-3H3,(H2,35,36,38,42,43)/t24-,28-/m1/s1. The van der Waals surface area contributed by atoms with Gasteiger partial charge in [-0.3, -0.25) is 14.6 Å². The fourth-order valence-electron chi connectivity index (χ4n) is 5.45. The molecule has 3 atom stereocenters. The number of hydrogen-bond donors (Lipinski definition) is 4. The van der Waals surface area contributed by atoms with Crippen LogP contribution in [0.1, 0.15) is 32.3 Å². The third-order valence-corrected chi connectivity index (χ3v) is 8.75. The van der Waals surface area contributed by atoms with Crippen LogP contribution in [0.2, 0.25) is 0 Å². The number of methoxy groups -OCH3 is 1. The number of fused-ring (bicyclic) bond motifs is 1. The predicted octanol–water partition coefficient (Wildman–Crippen LogP) is 4.08. The number of pyridine rings is 1. The SMILES string of the molecule is COc1cc(F)c(-c2cc(Cn3cnc4c(NP(=O)(O)OC(C)C)ncnc43)c(N3CCC[C@](N)([C@H](O)C(F)F)C3)cn2)cc1F. The van der Waals surface area contributed by atoms with E-state index >= 15 is 4.39 Å². The molecular weight excluding hydrogens is 635 g/mol. The van der Waals surface area contributed by atoms with E-state index in [0.717, 1.165) is 18.5 Å². The molecule has 18 heteroatoms. The number of alkyl halides is 2. The lowest BCUT2D eigenvalue weighted by Gasteiger charge is -2.44. The van der Waals surface area contributed by atoms with Crippen LogP contribution in [0.25, 0.3) is 22.4 Å². The molecule has 3 aromatic heterocycles. The molecule has 5 N–H and O–H groups in total. The summed E-state index contributed by atoms with van der Waals surface area (Å²) in [5.41, 5.74) is 5.87. The summed E-state index contributed by atoms with van der Waals surface area (Å²) in [4.78, 5) is 28.9. The molecule has 46 heavy (non-hydrogen) atoms. The summed E-state index contributed by atoms with van der Waals surface area (Å²) in [6, 6.07) is 3.37. The van der Waals surface area contributed by atoms with E-state index in [2.05, 4.69) is 25.0 Å². The molecule has 0 saturated carbocycles. The average Bonchev–Trinajstić information content (AvgIpc) is 3.40. The molecule has 1 fully saturated rings. The van der Waals surface area contributed by atoms with E-state index in [4.69, 9.17) is 15.0 Å². The zero-order chi connectivity index (χ0) is 33.4. The second kappa shape index (κ2) is 13.1. The van der Waals surface area contributed by atoms with Crippen molar-refractivity contribution in [2.45, 2.75) is 57.4 Å². The zero-order valence-corrected chi connectivity index (χ0v) is 26.0. The molecule has 13 nitrogen and oxygen atoms in total. The van der Waals surface area contributed by atoms with Crippen molar-refractivity contribution in [2.75, 3.05) is 30.2 Å². The van der Waals surface area contributed by atoms with Crippen molar-refractivity contribution in [1.82, 2.24) is 24.5 Å². The number of anilines is 2. The van der Waals surface area contributed by atoms with E-state index in [1.54, 1.807) is 23.3 Å². The number of aliphatic hydroxyl groups is 1. The summed E-state index contributed by atoms with van der Waals surface area (Å²) in [6.45, 7) is 3.43. The number of nitrogens with one attached hydrogen (secondary N) is 1. The second-order valence-corrected chi connectivity index (χ2v) is 12.7. The summed E-state index contributed by atoms with van der Waals surface area (Å²) >= 11 is 0. The first-order valence-corrected chi connectivity index (χ1v) is 15.8. The van der Waals surface area contributed by atoms with Crippen molar-refractivity contribution >= 4 is 30.4 Å². The first-order valence-electron chi connectivity index (χ1n) is 14.2. The van der Waals surface area contributed by atoms with Crippen molar-refractivity contribution in [3.8, 4) is 17.0 Å². The summed E-state index contributed by atoms with van der Waals surface area (Å²) < 4.78 is 80.8. The number of halogens is 4. The first-order chi connectivity index (χ1) is 21.7. The molecule has 0 amide bonds. The highest BCUT2D eigenvalue weighted by molar-refractivity contribution is 7.54. The van der Waals surface area contributed by atoms with Crippen molar-refractivity contribution < 1.29 is 41.4 Å². The summed E-state index contributed by atoms with van der Waals surface area (Å²) in [7, 11) is -3.10. The van der Waals surface area contributed by atoms with E-state index in [-0.39, 0.29) is 53.5 Å². The number of benzene rings is 1. The molecule has 0 radical (unpaired) electrons. The molecule has 1 aromatic carbocycles. The lowest BCUT2D eigenvalue weighted by atomic mass is 9.84. The van der Waals surface area contributed by atoms with Gasteiger partial charge in [-0.1, -0.05) is 0 Å². The van der Waals surface area contributed by atoms with Gasteiger partial charge in [0.15, 0.2) is 28.5 Å². The maximum absolute atomic E-state index is 15.1. The molecule has 1 aliphatic heterocycles. The molecule has 1 aliphatic rings. The zero-order valence-electron chi connectivity index (χ0n) is 25.1. The molecule has 0 spiro atoms. The number of nitrogens with zero attached hydrogens (tertiary/aromatic N) is 6. The first kappa shape index (κ1) is 33.5. The molecule has 1 unspecified atom stereocenters. The number of imidazole rings is 1. The lowest BCUT2D eigenvalue weighted by molar-refractivity contribution is -0.0529. The topological polar surface area (TPSA) is 174 Å². The van der Waals surface area contributed by atoms with E-state index in [1.807, 2.05) is 0 Å². The van der Waals surface area contributed by atoms with Crippen molar-refractivity contribution in [3.63, 3.8) is 0 Å². The Balaban J connectivity index is 1.58. The van der Waals surface area contributed by atoms with Crippen molar-refractivity contribution in [2.24, 2.45) is 5.73 Å². The van der Waals surface area contributed by atoms with Gasteiger partial charge in [-0.25, -0.2) is 37.1 Å². The van der Waals surface area contributed by atoms with Gasteiger partial charge in [-0.05, 0) is 44.4 Å². The third-order valence-electron chi connectivity index (χ3n) is 7.55. The van der Waals surface area contributed by atoms with E-state index < -0.39 is 43.6 Å². The molecule has 4 aromatic rings. The Labute approximate surface area is 261 Å². The van der Waals surface area contributed by atoms with Gasteiger partial charge >= 0.3 is 7.75 Å². The van der Waals surface area contributed by atoms with Crippen LogP contribution in [0, 0.1) is 11.6 Å². The van der Waals surface area contributed by atoms with Crippen molar-refractivity contribution in [3.05, 3.63) is 54.2 Å². The minimum absolute atomic E-state index is 0.00279. The van der Waals surface area contributed by atoms with Gasteiger partial charge < -0.3 is 29.9 Å². The van der Waals surface area contributed by atoms with Crippen LogP contribution in [-0.2, 0) is 15.6 Å². The number of aromatic nitrogens is 5. The van der Waals surface area contributed by atoms with Gasteiger partial charge in [0.1, 0.15) is 18.2 Å². The molecular formula is C28H33F4N8O5P. The van der Waals surface area contributed by atoms with Gasteiger partial charge in [0.2, 0.25) is 0 Å². The fraction of sp³-hybridized carbons (Fsp3) is 0.429. The minimum Gasteiger partial charge on any atom is -0.494 e. The van der Waals surface area contributed by atoms with Crippen LogP contribution in [0.4, 0.5) is 29.1 Å². The molecule has 4 heterocycles. The Bertz CT molecular complexity index is 1780. The Morgan fingerprint density at radius 2 is 1.91 bits per heavy atom. The smallest absolute Gasteiger partial charge is 0.431 e. The Morgan fingerprint density at radius 1 is 1.15 bits per heavy atom. The van der Waals surface area contributed by atoms with Gasteiger partial charge in [0, 0.05) is 24.7 Å². The van der Waals surface area contributed by atoms with Crippen LogP contribution in [0.3, 0.4) is 0 Å². The Hall–Kier alpha value is -3.89. The van der Waals surface area contributed by atoms with E-state index in [9.17, 15) is 27.7 Å². The number of piperidine rings is 1. The highest BCUT2D eigenvalue weighted by Crippen LogP contribution is 2.44. The number of aliphatic hydroxyl groups excluding tert-OH is 1. The second-order valence-electron chi connectivity index (χ2n) is 11.3. The van der Waals surface area contributed by atoms with Crippen LogP contribution < -0.4 is 20.5 Å². The van der Waals surface area contributed by atoms with Crippen LogP contribution in [-0.4, -0.2) is 78.9 Å². The minimum atomic E-state index is -4.31. The maximum Gasteiger partial charge on any atom is 0.431 e. The van der Waals surface area contributed by atoms with Gasteiger partial charge in [0.25, 0.3) is 6.43 Å². The van der Waals surface area contributed by atoms with Crippen LogP contribution in [0.5, 0.6) is 5.75 Å². The van der Waals surface area contributed by atoms with Crippen molar-refractivity contribution in [1.29, 1.82) is 0 Å². The summed E-state index contributed by atoms with van der Waals surface area (Å²) in [6.07, 6.45) is -1.20. The maximum atomic E-state index is 15.1. The summed E-state index contributed by atoms with van der Waals surface area (Å²) in [5, 5.41) is 12.6. The normalized spacial score (nSPS) is 19.1. The molecule has 0 aliphatic carbocycles. The number of nitrogens with two attached hydrogens (primary N) is 1. The van der Waals surface area contributed by atoms with Gasteiger partial charge in [0.05, 0.1) is 49.2 Å². The molecule has 248 valence electrons. The highest BCUT2D eigenvalue weighted by atomic mass is 31.2. The molecule has 0 bridgehead atoms. The average molecular weight is 669 g/mol. The van der Waals surface area contributed by atoms with Crippen LogP contribution >= 0.6 is 7.75 Å². The quantitative estimate of drug-likeness (QED) is 0.133. The molecule has 5 rings (SSSR count). The largest absolute Gasteiger partial charge is 0.494 e. The fourth-order valence-corrected chi connectivity index (χ4v) is 6.50. The van der Waals surface area contributed by atoms with E-state index in [1.165, 1.54) is 25.7 Å². The van der Waals surface area contributed by atoms with Gasteiger partial charge in [-0.2, -0.15) is 0 Å². The van der Waals surface area contributed by atoms with Gasteiger partial charge in [-0.15, -0.1) is 0 Å². The third kappa shape index (κ3) is 6.93. The molecule has 1 saturated heterocycles.